The van der Waals surface area contributed by atoms with Crippen molar-refractivity contribution in [3.63, 3.8) is 0 Å². The van der Waals surface area contributed by atoms with Crippen molar-refractivity contribution in [3.8, 4) is 0 Å². The second kappa shape index (κ2) is 12.3. The molecule has 0 aliphatic rings. The van der Waals surface area contributed by atoms with E-state index in [0.717, 1.165) is 0 Å². The third-order valence-corrected chi connectivity index (χ3v) is 4.78. The van der Waals surface area contributed by atoms with E-state index in [1.54, 1.807) is 25.1 Å². The molecule has 0 spiro atoms. The maximum absolute atomic E-state index is 12.8. The van der Waals surface area contributed by atoms with Crippen molar-refractivity contribution in [2.45, 2.75) is 52.1 Å². The fourth-order valence-corrected chi connectivity index (χ4v) is 3.19. The Hall–Kier alpha value is -3.96. The molecule has 0 saturated heterocycles. The number of hydrogen-bond donors (Lipinski definition) is 5. The lowest BCUT2D eigenvalue weighted by atomic mass is 10.0. The third kappa shape index (κ3) is 7.87. The molecule has 0 aliphatic carbocycles. The zero-order chi connectivity index (χ0) is 25.3. The first-order chi connectivity index (χ1) is 16.1. The second-order valence-electron chi connectivity index (χ2n) is 8.14. The predicted octanol–water partition coefficient (Wildman–Crippen LogP) is 1.13. The third-order valence-electron chi connectivity index (χ3n) is 4.78. The maximum Gasteiger partial charge on any atom is 0.326 e. The highest BCUT2D eigenvalue weighted by Crippen LogP contribution is 2.24. The van der Waals surface area contributed by atoms with Crippen LogP contribution in [0.25, 0.3) is 0 Å². The first kappa shape index (κ1) is 26.3. The number of amides is 2. The number of guanidine groups is 1. The first-order valence-corrected chi connectivity index (χ1v) is 10.9. The lowest BCUT2D eigenvalue weighted by Gasteiger charge is -2.17. The van der Waals surface area contributed by atoms with E-state index in [2.05, 4.69) is 25.6 Å². The van der Waals surface area contributed by atoms with Crippen LogP contribution in [0, 0.1) is 12.8 Å². The summed E-state index contributed by atoms with van der Waals surface area (Å²) in [6.07, 6.45) is 2.49. The number of nitrogens with two attached hydrogens (primary N) is 2. The average molecular weight is 474 g/mol. The van der Waals surface area contributed by atoms with Crippen molar-refractivity contribution in [3.05, 3.63) is 47.4 Å². The molecule has 2 rings (SSSR count). The first-order valence-electron chi connectivity index (χ1n) is 10.9. The van der Waals surface area contributed by atoms with Gasteiger partial charge in [-0.25, -0.2) is 9.78 Å². The van der Waals surface area contributed by atoms with Gasteiger partial charge in [-0.05, 0) is 44.2 Å². The van der Waals surface area contributed by atoms with E-state index < -0.39 is 29.9 Å². The smallest absolute Gasteiger partial charge is 0.326 e. The largest absolute Gasteiger partial charge is 0.480 e. The Kier molecular flexibility index (Phi) is 9.53. The molecular weight excluding hydrogens is 442 g/mol. The van der Waals surface area contributed by atoms with Gasteiger partial charge in [-0.15, -0.1) is 0 Å². The van der Waals surface area contributed by atoms with Crippen LogP contribution >= 0.6 is 0 Å². The maximum atomic E-state index is 12.8. The zero-order valence-electron chi connectivity index (χ0n) is 19.4. The Balaban J connectivity index is 2.15. The van der Waals surface area contributed by atoms with Gasteiger partial charge < -0.3 is 31.6 Å². The number of carboxylic acids is 1. The molecule has 0 unspecified atom stereocenters. The van der Waals surface area contributed by atoms with Crippen molar-refractivity contribution in [2.75, 3.05) is 6.54 Å². The van der Waals surface area contributed by atoms with Crippen LogP contribution in [0.1, 0.15) is 71.8 Å². The average Bonchev–Trinajstić information content (AvgIpc) is 3.17. The van der Waals surface area contributed by atoms with Crippen LogP contribution in [0.5, 0.6) is 0 Å². The van der Waals surface area contributed by atoms with Gasteiger partial charge in [-0.3, -0.25) is 19.6 Å². The topological polar surface area (TPSA) is 199 Å². The number of nitrogens with one attached hydrogen (secondary N) is 2. The molecule has 184 valence electrons. The number of pyridine rings is 1. The Bertz CT molecular complexity index is 1020. The summed E-state index contributed by atoms with van der Waals surface area (Å²) in [5, 5.41) is 14.7. The van der Waals surface area contributed by atoms with E-state index >= 15 is 0 Å². The van der Waals surface area contributed by atoms with E-state index in [1.807, 2.05) is 13.8 Å². The van der Waals surface area contributed by atoms with Crippen LogP contribution < -0.4 is 22.1 Å². The summed E-state index contributed by atoms with van der Waals surface area (Å²) in [6.45, 7) is 5.74. The summed E-state index contributed by atoms with van der Waals surface area (Å²) in [7, 11) is 0. The van der Waals surface area contributed by atoms with Gasteiger partial charge in [0, 0.05) is 12.7 Å². The lowest BCUT2D eigenvalue weighted by Crippen LogP contribution is -2.41. The number of carbonyl (C=O) groups is 3. The highest BCUT2D eigenvalue weighted by molar-refractivity contribution is 5.96. The molecule has 12 nitrogen and oxygen atoms in total. The molecule has 2 amide bonds. The number of aryl methyl sites for hydroxylation is 1. The van der Waals surface area contributed by atoms with Gasteiger partial charge >= 0.3 is 5.97 Å². The van der Waals surface area contributed by atoms with E-state index in [0.29, 0.717) is 12.8 Å². The molecular formula is C22H31N7O5. The number of carboxylic acid groups (broad SMARTS) is 1. The summed E-state index contributed by atoms with van der Waals surface area (Å²) >= 11 is 0. The molecule has 0 fully saturated rings. The molecule has 2 aromatic rings. The standard InChI is InChI=1S/C22H31N7O5/c1-12(2)11-16(28-18(30)14-7-4-5-9-25-14)20-29-17(13(3)34-20)19(31)27-15(21(32)33)8-6-10-26-22(23)24/h4-5,7,9,12,15-16H,6,8,10-11H2,1-3H3,(H,27,31)(H,28,30)(H,32,33)(H4,23,24,26)/t15-,16-/m0/s1. The van der Waals surface area contributed by atoms with Crippen molar-refractivity contribution in [2.24, 2.45) is 22.4 Å². The molecule has 34 heavy (non-hydrogen) atoms. The van der Waals surface area contributed by atoms with Crippen molar-refractivity contribution in [1.29, 1.82) is 0 Å². The van der Waals surface area contributed by atoms with Gasteiger partial charge in [0.2, 0.25) is 5.89 Å². The van der Waals surface area contributed by atoms with Crippen molar-refractivity contribution >= 4 is 23.7 Å². The van der Waals surface area contributed by atoms with Gasteiger partial charge in [0.15, 0.2) is 11.7 Å². The molecule has 0 aromatic carbocycles. The minimum absolute atomic E-state index is 0.0497. The van der Waals surface area contributed by atoms with Crippen LogP contribution in [0.3, 0.4) is 0 Å². The van der Waals surface area contributed by atoms with E-state index in [9.17, 15) is 19.5 Å². The molecule has 0 aliphatic heterocycles. The number of carbonyl (C=O) groups excluding carboxylic acids is 2. The Labute approximate surface area is 197 Å². The van der Waals surface area contributed by atoms with Crippen LogP contribution in [0.15, 0.2) is 33.8 Å². The number of hydrogen-bond acceptors (Lipinski definition) is 7. The van der Waals surface area contributed by atoms with E-state index in [4.69, 9.17) is 15.9 Å². The molecule has 12 heteroatoms. The van der Waals surface area contributed by atoms with E-state index in [-0.39, 0.29) is 47.9 Å². The quantitative estimate of drug-likeness (QED) is 0.170. The highest BCUT2D eigenvalue weighted by atomic mass is 16.4. The summed E-state index contributed by atoms with van der Waals surface area (Å²) < 4.78 is 5.70. The fourth-order valence-electron chi connectivity index (χ4n) is 3.19. The summed E-state index contributed by atoms with van der Waals surface area (Å²) in [4.78, 5) is 49.1. The van der Waals surface area contributed by atoms with E-state index in [1.165, 1.54) is 6.20 Å². The normalized spacial score (nSPS) is 12.6. The van der Waals surface area contributed by atoms with Crippen LogP contribution in [0.2, 0.25) is 0 Å². The number of nitrogens with zero attached hydrogens (tertiary/aromatic N) is 3. The minimum Gasteiger partial charge on any atom is -0.480 e. The molecule has 0 bridgehead atoms. The lowest BCUT2D eigenvalue weighted by molar-refractivity contribution is -0.139. The fraction of sp³-hybridized carbons (Fsp3) is 0.455. The monoisotopic (exact) mass is 473 g/mol. The number of oxazole rings is 1. The molecule has 0 radical (unpaired) electrons. The molecule has 2 aromatic heterocycles. The highest BCUT2D eigenvalue weighted by Gasteiger charge is 2.28. The van der Waals surface area contributed by atoms with Crippen molar-refractivity contribution in [1.82, 2.24) is 20.6 Å². The summed E-state index contributed by atoms with van der Waals surface area (Å²) in [5.74, 6) is -1.84. The predicted molar refractivity (Wildman–Crippen MR) is 124 cm³/mol. The van der Waals surface area contributed by atoms with Crippen LogP contribution in [0.4, 0.5) is 0 Å². The summed E-state index contributed by atoms with van der Waals surface area (Å²) in [5.41, 5.74) is 10.7. The Morgan fingerprint density at radius 2 is 1.91 bits per heavy atom. The number of aliphatic imine (C=N–C) groups is 1. The molecule has 2 heterocycles. The van der Waals surface area contributed by atoms with Gasteiger partial charge in [0.25, 0.3) is 11.8 Å². The number of aromatic nitrogens is 2. The Morgan fingerprint density at radius 1 is 1.18 bits per heavy atom. The van der Waals surface area contributed by atoms with Gasteiger partial charge in [-0.1, -0.05) is 19.9 Å². The Morgan fingerprint density at radius 3 is 2.50 bits per heavy atom. The van der Waals surface area contributed by atoms with Gasteiger partial charge in [0.05, 0.1) is 0 Å². The minimum atomic E-state index is -1.19. The second-order valence-corrected chi connectivity index (χ2v) is 8.14. The number of rotatable bonds is 12. The van der Waals surface area contributed by atoms with Gasteiger partial charge in [0.1, 0.15) is 23.5 Å². The molecule has 2 atom stereocenters. The van der Waals surface area contributed by atoms with Gasteiger partial charge in [-0.2, -0.15) is 0 Å². The summed E-state index contributed by atoms with van der Waals surface area (Å²) in [6, 6.07) is 3.23. The molecule has 7 N–H and O–H groups in total. The van der Waals surface area contributed by atoms with Crippen LogP contribution in [-0.4, -0.2) is 51.4 Å². The van der Waals surface area contributed by atoms with Crippen LogP contribution in [-0.2, 0) is 4.79 Å². The number of aliphatic carboxylic acids is 1. The van der Waals surface area contributed by atoms with Crippen molar-refractivity contribution < 1.29 is 23.9 Å². The SMILES string of the molecule is Cc1oc([C@H](CC(C)C)NC(=O)c2ccccn2)nc1C(=O)N[C@@H](CCCN=C(N)N)C(=O)O. The zero-order valence-corrected chi connectivity index (χ0v) is 19.4. The molecule has 0 saturated carbocycles.